The maximum atomic E-state index is 12.3. The first-order valence-corrected chi connectivity index (χ1v) is 8.97. The summed E-state index contributed by atoms with van der Waals surface area (Å²) in [6.45, 7) is 1.74. The summed E-state index contributed by atoms with van der Waals surface area (Å²) in [5.41, 5.74) is 1.63. The number of aryl methyl sites for hydroxylation is 1. The van der Waals surface area contributed by atoms with E-state index in [0.717, 1.165) is 0 Å². The van der Waals surface area contributed by atoms with Gasteiger partial charge in [0.25, 0.3) is 5.91 Å². The van der Waals surface area contributed by atoms with Crippen molar-refractivity contribution in [2.75, 3.05) is 5.32 Å². The first-order chi connectivity index (χ1) is 12.5. The van der Waals surface area contributed by atoms with Gasteiger partial charge in [-0.3, -0.25) is 10.1 Å². The summed E-state index contributed by atoms with van der Waals surface area (Å²) in [4.78, 5) is 16.2. The number of aromatic nitrogens is 3. The molecule has 0 saturated carbocycles. The molecule has 0 aliphatic carbocycles. The summed E-state index contributed by atoms with van der Waals surface area (Å²) in [6, 6.07) is 8.93. The van der Waals surface area contributed by atoms with Gasteiger partial charge in [0.15, 0.2) is 5.13 Å². The molecule has 0 aliphatic rings. The van der Waals surface area contributed by atoms with Crippen molar-refractivity contribution in [3.05, 3.63) is 62.8 Å². The lowest BCUT2D eigenvalue weighted by Crippen LogP contribution is -2.13. The van der Waals surface area contributed by atoms with Crippen LogP contribution in [0.3, 0.4) is 0 Å². The van der Waals surface area contributed by atoms with Crippen LogP contribution in [0.25, 0.3) is 11.8 Å². The summed E-state index contributed by atoms with van der Waals surface area (Å²) >= 11 is 13.7. The first kappa shape index (κ1) is 18.1. The van der Waals surface area contributed by atoms with E-state index in [0.29, 0.717) is 27.1 Å². The van der Waals surface area contributed by atoms with E-state index in [4.69, 9.17) is 23.2 Å². The number of anilines is 1. The molecule has 1 amide bonds. The number of nitriles is 1. The van der Waals surface area contributed by atoms with E-state index in [9.17, 15) is 10.1 Å². The molecule has 26 heavy (non-hydrogen) atoms. The van der Waals surface area contributed by atoms with E-state index >= 15 is 0 Å². The lowest BCUT2D eigenvalue weighted by molar-refractivity contribution is -0.112. The highest BCUT2D eigenvalue weighted by Crippen LogP contribution is 2.27. The second kappa shape index (κ2) is 7.70. The van der Waals surface area contributed by atoms with E-state index in [2.05, 4.69) is 15.4 Å². The van der Waals surface area contributed by atoms with Crippen molar-refractivity contribution < 1.29 is 4.79 Å². The monoisotopic (exact) mass is 403 g/mol. The van der Waals surface area contributed by atoms with Gasteiger partial charge in [-0.1, -0.05) is 29.3 Å². The molecule has 2 aromatic heterocycles. The smallest absolute Gasteiger partial charge is 0.268 e. The maximum absolute atomic E-state index is 12.3. The topological polar surface area (TPSA) is 83.6 Å². The normalized spacial score (nSPS) is 11.2. The summed E-state index contributed by atoms with van der Waals surface area (Å²) in [7, 11) is 0. The molecule has 6 nitrogen and oxygen atoms in total. The Morgan fingerprint density at radius 3 is 2.88 bits per heavy atom. The Labute approximate surface area is 163 Å². The first-order valence-electron chi connectivity index (χ1n) is 7.33. The van der Waals surface area contributed by atoms with E-state index in [1.807, 2.05) is 6.07 Å². The van der Waals surface area contributed by atoms with Crippen molar-refractivity contribution in [1.29, 1.82) is 5.26 Å². The SMILES string of the molecule is Cc1nn(-c2cccc(Cl)c2)c(Cl)c1C=C(C#N)C(=O)Nc1nccs1. The number of nitrogens with one attached hydrogen (secondary N) is 1. The molecule has 3 rings (SSSR count). The minimum absolute atomic E-state index is 0.101. The van der Waals surface area contributed by atoms with Crippen LogP contribution < -0.4 is 5.32 Å². The fourth-order valence-electron chi connectivity index (χ4n) is 2.20. The summed E-state index contributed by atoms with van der Waals surface area (Å²) in [6.07, 6.45) is 2.97. The van der Waals surface area contributed by atoms with Crippen molar-refractivity contribution in [2.45, 2.75) is 6.92 Å². The van der Waals surface area contributed by atoms with Crippen molar-refractivity contribution in [2.24, 2.45) is 0 Å². The van der Waals surface area contributed by atoms with E-state index in [1.165, 1.54) is 22.1 Å². The van der Waals surface area contributed by atoms with Gasteiger partial charge in [0, 0.05) is 22.2 Å². The van der Waals surface area contributed by atoms with Gasteiger partial charge in [-0.05, 0) is 31.2 Å². The number of rotatable bonds is 4. The molecule has 0 radical (unpaired) electrons. The predicted octanol–water partition coefficient (Wildman–Crippen LogP) is 4.49. The van der Waals surface area contributed by atoms with Gasteiger partial charge in [0.2, 0.25) is 0 Å². The number of halogens is 2. The molecular weight excluding hydrogens is 393 g/mol. The van der Waals surface area contributed by atoms with Gasteiger partial charge < -0.3 is 0 Å². The Balaban J connectivity index is 1.97. The minimum atomic E-state index is -0.562. The van der Waals surface area contributed by atoms with Crippen LogP contribution in [0.2, 0.25) is 10.2 Å². The molecule has 0 bridgehead atoms. The lowest BCUT2D eigenvalue weighted by Gasteiger charge is -2.03. The van der Waals surface area contributed by atoms with Gasteiger partial charge in [-0.15, -0.1) is 11.3 Å². The number of carbonyl (C=O) groups is 1. The zero-order valence-corrected chi connectivity index (χ0v) is 15.7. The van der Waals surface area contributed by atoms with E-state index in [1.54, 1.807) is 42.8 Å². The third kappa shape index (κ3) is 3.78. The highest BCUT2D eigenvalue weighted by atomic mass is 35.5. The summed E-state index contributed by atoms with van der Waals surface area (Å²) in [5.74, 6) is -0.562. The molecular formula is C17H11Cl2N5OS. The minimum Gasteiger partial charge on any atom is -0.297 e. The van der Waals surface area contributed by atoms with Crippen LogP contribution in [0.4, 0.5) is 5.13 Å². The number of thiazole rings is 1. The van der Waals surface area contributed by atoms with Gasteiger partial charge in [-0.25, -0.2) is 9.67 Å². The number of hydrogen-bond donors (Lipinski definition) is 1. The molecule has 1 N–H and O–H groups in total. The molecule has 0 atom stereocenters. The quantitative estimate of drug-likeness (QED) is 0.513. The van der Waals surface area contributed by atoms with Gasteiger partial charge in [0.05, 0.1) is 11.4 Å². The summed E-state index contributed by atoms with van der Waals surface area (Å²) < 4.78 is 1.50. The highest BCUT2D eigenvalue weighted by Gasteiger charge is 2.17. The third-order valence-electron chi connectivity index (χ3n) is 3.41. The van der Waals surface area contributed by atoms with Crippen LogP contribution >= 0.6 is 34.5 Å². The fourth-order valence-corrected chi connectivity index (χ4v) is 3.23. The molecule has 1 aromatic carbocycles. The predicted molar refractivity (Wildman–Crippen MR) is 103 cm³/mol. The van der Waals surface area contributed by atoms with Crippen molar-refractivity contribution in [3.63, 3.8) is 0 Å². The molecule has 130 valence electrons. The zero-order chi connectivity index (χ0) is 18.7. The van der Waals surface area contributed by atoms with Crippen LogP contribution in [-0.2, 0) is 4.79 Å². The summed E-state index contributed by atoms with van der Waals surface area (Å²) in [5, 5.41) is 19.2. The average Bonchev–Trinajstić information content (AvgIpc) is 3.21. The van der Waals surface area contributed by atoms with E-state index in [-0.39, 0.29) is 10.7 Å². The standard InChI is InChI=1S/C17H11Cl2N5OS/c1-10-14(7-11(9-20)16(25)22-17-21-5-6-26-17)15(19)24(23-10)13-4-2-3-12(18)8-13/h2-8H,1H3,(H,21,22,25). The molecule has 9 heteroatoms. The second-order valence-electron chi connectivity index (χ2n) is 5.14. The van der Waals surface area contributed by atoms with Crippen LogP contribution in [-0.4, -0.2) is 20.7 Å². The number of amides is 1. The van der Waals surface area contributed by atoms with E-state index < -0.39 is 5.91 Å². The van der Waals surface area contributed by atoms with Gasteiger partial charge >= 0.3 is 0 Å². The Kier molecular flexibility index (Phi) is 5.38. The molecule has 3 aromatic rings. The fraction of sp³-hybridized carbons (Fsp3) is 0.0588. The Hall–Kier alpha value is -2.66. The second-order valence-corrected chi connectivity index (χ2v) is 6.83. The molecule has 0 saturated heterocycles. The van der Waals surface area contributed by atoms with Gasteiger partial charge in [-0.2, -0.15) is 10.4 Å². The zero-order valence-electron chi connectivity index (χ0n) is 13.4. The molecule has 0 unspecified atom stereocenters. The lowest BCUT2D eigenvalue weighted by atomic mass is 10.1. The molecule has 0 fully saturated rings. The van der Waals surface area contributed by atoms with Crippen LogP contribution in [0.1, 0.15) is 11.3 Å². The number of hydrogen-bond acceptors (Lipinski definition) is 5. The number of carbonyl (C=O) groups excluding carboxylic acids is 1. The number of benzene rings is 1. The average molecular weight is 404 g/mol. The maximum Gasteiger partial charge on any atom is 0.268 e. The van der Waals surface area contributed by atoms with Crippen LogP contribution in [0.15, 0.2) is 41.4 Å². The Morgan fingerprint density at radius 2 is 2.23 bits per heavy atom. The van der Waals surface area contributed by atoms with Crippen LogP contribution in [0, 0.1) is 18.3 Å². The molecule has 2 heterocycles. The Bertz CT molecular complexity index is 1030. The molecule has 0 aliphatic heterocycles. The molecule has 0 spiro atoms. The van der Waals surface area contributed by atoms with Crippen molar-refractivity contribution >= 4 is 51.7 Å². The van der Waals surface area contributed by atoms with Crippen LogP contribution in [0.5, 0.6) is 0 Å². The van der Waals surface area contributed by atoms with Crippen molar-refractivity contribution in [3.8, 4) is 11.8 Å². The number of nitrogens with zero attached hydrogens (tertiary/aromatic N) is 4. The highest BCUT2D eigenvalue weighted by molar-refractivity contribution is 7.13. The largest absolute Gasteiger partial charge is 0.297 e. The third-order valence-corrected chi connectivity index (χ3v) is 4.69. The van der Waals surface area contributed by atoms with Crippen molar-refractivity contribution in [1.82, 2.24) is 14.8 Å². The van der Waals surface area contributed by atoms with Gasteiger partial charge in [0.1, 0.15) is 16.8 Å². The Morgan fingerprint density at radius 1 is 1.42 bits per heavy atom.